The summed E-state index contributed by atoms with van der Waals surface area (Å²) >= 11 is 1.64. The zero-order chi connectivity index (χ0) is 13.7. The number of carbonyl (C=O) groups excluding carboxylic acids is 2. The number of hydrogen-bond acceptors (Lipinski definition) is 6. The number of nitrogens with one attached hydrogen (secondary N) is 2. The third-order valence-electron chi connectivity index (χ3n) is 2.72. The molecule has 2 heterocycles. The van der Waals surface area contributed by atoms with E-state index < -0.39 is 5.97 Å². The van der Waals surface area contributed by atoms with E-state index in [-0.39, 0.29) is 23.9 Å². The highest BCUT2D eigenvalue weighted by Crippen LogP contribution is 2.32. The van der Waals surface area contributed by atoms with Crippen LogP contribution in [0.25, 0.3) is 0 Å². The summed E-state index contributed by atoms with van der Waals surface area (Å²) in [5, 5.41) is 5.81. The van der Waals surface area contributed by atoms with Crippen LogP contribution in [0, 0.1) is 0 Å². The maximum absolute atomic E-state index is 11.8. The first-order valence-corrected chi connectivity index (χ1v) is 6.87. The fraction of sp³-hybridized carbons (Fsp3) is 0.417. The van der Waals surface area contributed by atoms with Gasteiger partial charge in [-0.15, -0.1) is 11.8 Å². The second kappa shape index (κ2) is 6.53. The normalized spacial score (nSPS) is 21.9. The molecule has 6 nitrogen and oxygen atoms in total. The van der Waals surface area contributed by atoms with Crippen molar-refractivity contribution in [3.63, 3.8) is 0 Å². The predicted octanol–water partition coefficient (Wildman–Crippen LogP) is 0.0744. The van der Waals surface area contributed by atoms with Gasteiger partial charge in [-0.25, -0.2) is 0 Å². The number of thioether (sulfide) groups is 1. The Morgan fingerprint density at radius 2 is 2.47 bits per heavy atom. The smallest absolute Gasteiger partial charge is 0.325 e. The van der Waals surface area contributed by atoms with Crippen LogP contribution in [-0.2, 0) is 14.3 Å². The Kier molecular flexibility index (Phi) is 4.75. The van der Waals surface area contributed by atoms with Gasteiger partial charge in [0.05, 0.1) is 18.5 Å². The first-order valence-electron chi connectivity index (χ1n) is 5.83. The quantitative estimate of drug-likeness (QED) is 0.761. The van der Waals surface area contributed by atoms with Crippen LogP contribution in [0.15, 0.2) is 24.5 Å². The minimum Gasteiger partial charge on any atom is -0.468 e. The molecule has 0 spiro atoms. The van der Waals surface area contributed by atoms with Gasteiger partial charge in [0.25, 0.3) is 0 Å². The summed E-state index contributed by atoms with van der Waals surface area (Å²) < 4.78 is 4.47. The molecule has 0 bridgehead atoms. The molecule has 0 aromatic carbocycles. The summed E-state index contributed by atoms with van der Waals surface area (Å²) in [7, 11) is 1.29. The molecule has 2 unspecified atom stereocenters. The van der Waals surface area contributed by atoms with Gasteiger partial charge in [0.1, 0.15) is 6.54 Å². The van der Waals surface area contributed by atoms with Crippen LogP contribution in [-0.4, -0.2) is 42.3 Å². The lowest BCUT2D eigenvalue weighted by Crippen LogP contribution is -2.44. The average molecular weight is 281 g/mol. The summed E-state index contributed by atoms with van der Waals surface area (Å²) in [5.41, 5.74) is 1.04. The molecule has 1 aliphatic rings. The number of aromatic nitrogens is 1. The predicted molar refractivity (Wildman–Crippen MR) is 71.4 cm³/mol. The Morgan fingerprint density at radius 1 is 1.63 bits per heavy atom. The average Bonchev–Trinajstić information content (AvgIpc) is 2.95. The molecule has 1 amide bonds. The highest BCUT2D eigenvalue weighted by molar-refractivity contribution is 7.99. The van der Waals surface area contributed by atoms with E-state index in [9.17, 15) is 9.59 Å². The van der Waals surface area contributed by atoms with Crippen molar-refractivity contribution < 1.29 is 14.3 Å². The van der Waals surface area contributed by atoms with E-state index in [2.05, 4.69) is 20.4 Å². The van der Waals surface area contributed by atoms with Crippen molar-refractivity contribution >= 4 is 23.6 Å². The number of rotatable bonds is 4. The largest absolute Gasteiger partial charge is 0.468 e. The second-order valence-corrected chi connectivity index (χ2v) is 5.15. The van der Waals surface area contributed by atoms with Crippen LogP contribution in [0.2, 0.25) is 0 Å². The van der Waals surface area contributed by atoms with Gasteiger partial charge < -0.3 is 10.1 Å². The van der Waals surface area contributed by atoms with E-state index in [1.807, 2.05) is 12.1 Å². The molecule has 2 atom stereocenters. The van der Waals surface area contributed by atoms with Crippen molar-refractivity contribution in [3.05, 3.63) is 30.1 Å². The lowest BCUT2D eigenvalue weighted by atomic mass is 10.2. The zero-order valence-corrected chi connectivity index (χ0v) is 11.3. The van der Waals surface area contributed by atoms with E-state index in [0.29, 0.717) is 5.75 Å². The van der Waals surface area contributed by atoms with Gasteiger partial charge in [0.15, 0.2) is 0 Å². The number of hydrogen-bond donors (Lipinski definition) is 2. The molecule has 7 heteroatoms. The van der Waals surface area contributed by atoms with Gasteiger partial charge in [-0.1, -0.05) is 6.07 Å². The molecule has 0 aliphatic carbocycles. The Hall–Kier alpha value is -1.60. The SMILES string of the molecule is COC(=O)CNC(=O)C1CSC(c2cccnc2)N1. The third-order valence-corrected chi connectivity index (χ3v) is 3.99. The minimum atomic E-state index is -0.456. The zero-order valence-electron chi connectivity index (χ0n) is 10.5. The molecule has 1 aliphatic heterocycles. The van der Waals surface area contributed by atoms with Gasteiger partial charge in [0, 0.05) is 18.1 Å². The van der Waals surface area contributed by atoms with Crippen LogP contribution >= 0.6 is 11.8 Å². The number of pyridine rings is 1. The number of ether oxygens (including phenoxy) is 1. The lowest BCUT2D eigenvalue weighted by molar-refractivity contribution is -0.141. The molecular weight excluding hydrogens is 266 g/mol. The van der Waals surface area contributed by atoms with Gasteiger partial charge >= 0.3 is 5.97 Å². The summed E-state index contributed by atoms with van der Waals surface area (Å²) in [6.07, 6.45) is 3.49. The van der Waals surface area contributed by atoms with Crippen molar-refractivity contribution in [2.24, 2.45) is 0 Å². The molecule has 0 radical (unpaired) electrons. The van der Waals surface area contributed by atoms with Gasteiger partial charge in [0.2, 0.25) is 5.91 Å². The first-order chi connectivity index (χ1) is 9.20. The molecule has 102 valence electrons. The minimum absolute atomic E-state index is 0.0579. The van der Waals surface area contributed by atoms with Crippen molar-refractivity contribution in [1.82, 2.24) is 15.6 Å². The van der Waals surface area contributed by atoms with E-state index in [1.54, 1.807) is 24.2 Å². The van der Waals surface area contributed by atoms with Crippen LogP contribution < -0.4 is 10.6 Å². The Bertz CT molecular complexity index is 455. The molecule has 19 heavy (non-hydrogen) atoms. The number of methoxy groups -OCH3 is 1. The van der Waals surface area contributed by atoms with Crippen molar-refractivity contribution in [2.45, 2.75) is 11.4 Å². The van der Waals surface area contributed by atoms with E-state index >= 15 is 0 Å². The van der Waals surface area contributed by atoms with Crippen molar-refractivity contribution in [3.8, 4) is 0 Å². The van der Waals surface area contributed by atoms with Crippen LogP contribution in [0.5, 0.6) is 0 Å². The maximum atomic E-state index is 11.8. The van der Waals surface area contributed by atoms with Gasteiger partial charge in [-0.3, -0.25) is 19.9 Å². The van der Waals surface area contributed by atoms with E-state index in [4.69, 9.17) is 0 Å². The molecular formula is C12H15N3O3S. The Labute approximate surface area is 115 Å². The summed E-state index contributed by atoms with van der Waals surface area (Å²) in [6.45, 7) is -0.101. The van der Waals surface area contributed by atoms with Crippen LogP contribution in [0.1, 0.15) is 10.9 Å². The monoisotopic (exact) mass is 281 g/mol. The highest BCUT2D eigenvalue weighted by Gasteiger charge is 2.30. The fourth-order valence-corrected chi connectivity index (χ4v) is 2.93. The van der Waals surface area contributed by atoms with E-state index in [1.165, 1.54) is 7.11 Å². The van der Waals surface area contributed by atoms with Crippen molar-refractivity contribution in [2.75, 3.05) is 19.4 Å². The highest BCUT2D eigenvalue weighted by atomic mass is 32.2. The molecule has 1 saturated heterocycles. The Balaban J connectivity index is 1.85. The van der Waals surface area contributed by atoms with Crippen LogP contribution in [0.3, 0.4) is 0 Å². The number of nitrogens with zero attached hydrogens (tertiary/aromatic N) is 1. The standard InChI is InChI=1S/C12H15N3O3S/c1-18-10(16)6-14-11(17)9-7-19-12(15-9)8-3-2-4-13-5-8/h2-5,9,12,15H,6-7H2,1H3,(H,14,17). The van der Waals surface area contributed by atoms with Gasteiger partial charge in [-0.2, -0.15) is 0 Å². The van der Waals surface area contributed by atoms with Gasteiger partial charge in [-0.05, 0) is 11.6 Å². The summed E-state index contributed by atoms with van der Waals surface area (Å²) in [4.78, 5) is 26.8. The Morgan fingerprint density at radius 3 is 3.16 bits per heavy atom. The number of amides is 1. The molecule has 2 rings (SSSR count). The molecule has 1 aromatic rings. The molecule has 0 saturated carbocycles. The number of carbonyl (C=O) groups is 2. The molecule has 1 aromatic heterocycles. The van der Waals surface area contributed by atoms with Crippen LogP contribution in [0.4, 0.5) is 0 Å². The topological polar surface area (TPSA) is 80.3 Å². The molecule has 2 N–H and O–H groups in total. The summed E-state index contributed by atoms with van der Waals surface area (Å²) in [6, 6.07) is 3.52. The first kappa shape index (κ1) is 13.8. The molecule has 1 fully saturated rings. The van der Waals surface area contributed by atoms with Crippen molar-refractivity contribution in [1.29, 1.82) is 0 Å². The fourth-order valence-electron chi connectivity index (χ4n) is 1.70. The number of esters is 1. The lowest BCUT2D eigenvalue weighted by Gasteiger charge is -2.13. The third kappa shape index (κ3) is 3.68. The maximum Gasteiger partial charge on any atom is 0.325 e. The second-order valence-electron chi connectivity index (χ2n) is 4.01. The van der Waals surface area contributed by atoms with E-state index in [0.717, 1.165) is 5.56 Å². The summed E-state index contributed by atoms with van der Waals surface area (Å²) in [5.74, 6) is 0.0131.